The number of hydrazine groups is 1. The van der Waals surface area contributed by atoms with Crippen molar-refractivity contribution in [3.05, 3.63) is 12.4 Å². The van der Waals surface area contributed by atoms with Crippen molar-refractivity contribution in [3.8, 4) is 0 Å². The maximum Gasteiger partial charge on any atom is 0.145 e. The Hall–Kier alpha value is -1.36. The van der Waals surface area contributed by atoms with E-state index in [0.717, 1.165) is 12.4 Å². The Labute approximate surface area is 96.0 Å². The molecular formula is C11H19N5. The van der Waals surface area contributed by atoms with Crippen LogP contribution in [0.3, 0.4) is 0 Å². The van der Waals surface area contributed by atoms with Crippen molar-refractivity contribution >= 4 is 11.6 Å². The molecular weight excluding hydrogens is 202 g/mol. The van der Waals surface area contributed by atoms with E-state index in [4.69, 9.17) is 5.84 Å². The second kappa shape index (κ2) is 5.12. The molecule has 0 saturated carbocycles. The standard InChI is InChI=1S/C11H19N5/c1-9-5-3-2-4-6-16(9)11-7-10(15-12)13-8-14-11/h7-9H,2-6,12H2,1H3,(H,13,14,15). The van der Waals surface area contributed by atoms with Crippen molar-refractivity contribution in [2.45, 2.75) is 38.6 Å². The molecule has 0 amide bonds. The zero-order chi connectivity index (χ0) is 11.4. The van der Waals surface area contributed by atoms with Gasteiger partial charge >= 0.3 is 0 Å². The largest absolute Gasteiger partial charge is 0.354 e. The minimum atomic E-state index is 0.544. The molecule has 5 heteroatoms. The number of anilines is 2. The molecule has 0 radical (unpaired) electrons. The molecule has 2 rings (SSSR count). The van der Waals surface area contributed by atoms with E-state index in [1.165, 1.54) is 25.7 Å². The first-order valence-corrected chi connectivity index (χ1v) is 5.86. The highest BCUT2D eigenvalue weighted by atomic mass is 15.3. The Kier molecular flexibility index (Phi) is 3.56. The molecule has 5 nitrogen and oxygen atoms in total. The smallest absolute Gasteiger partial charge is 0.145 e. The third-order valence-electron chi connectivity index (χ3n) is 3.15. The Morgan fingerprint density at radius 2 is 2.25 bits per heavy atom. The summed E-state index contributed by atoms with van der Waals surface area (Å²) >= 11 is 0. The SMILES string of the molecule is CC1CCCCCN1c1cc(NN)ncn1. The van der Waals surface area contributed by atoms with E-state index >= 15 is 0 Å². The highest BCUT2D eigenvalue weighted by molar-refractivity contribution is 5.48. The van der Waals surface area contributed by atoms with Crippen molar-refractivity contribution in [2.75, 3.05) is 16.9 Å². The van der Waals surface area contributed by atoms with E-state index in [0.29, 0.717) is 11.9 Å². The van der Waals surface area contributed by atoms with E-state index in [1.807, 2.05) is 6.07 Å². The van der Waals surface area contributed by atoms with Gasteiger partial charge in [0.15, 0.2) is 0 Å². The van der Waals surface area contributed by atoms with Gasteiger partial charge in [-0.1, -0.05) is 12.8 Å². The molecule has 0 aliphatic carbocycles. The zero-order valence-corrected chi connectivity index (χ0v) is 9.69. The highest BCUT2D eigenvalue weighted by Gasteiger charge is 2.18. The number of nitrogen functional groups attached to an aromatic ring is 1. The van der Waals surface area contributed by atoms with E-state index < -0.39 is 0 Å². The molecule has 88 valence electrons. The molecule has 1 aromatic heterocycles. The number of nitrogens with two attached hydrogens (primary N) is 1. The second-order valence-corrected chi connectivity index (χ2v) is 4.30. The van der Waals surface area contributed by atoms with Crippen molar-refractivity contribution in [2.24, 2.45) is 5.84 Å². The molecule has 1 aliphatic heterocycles. The first kappa shape index (κ1) is 11.1. The molecule has 0 aromatic carbocycles. The number of rotatable bonds is 2. The third-order valence-corrected chi connectivity index (χ3v) is 3.15. The van der Waals surface area contributed by atoms with Crippen LogP contribution >= 0.6 is 0 Å². The topological polar surface area (TPSA) is 67.1 Å². The lowest BCUT2D eigenvalue weighted by Crippen LogP contribution is -2.33. The number of nitrogens with one attached hydrogen (secondary N) is 1. The van der Waals surface area contributed by atoms with Crippen LogP contribution in [-0.4, -0.2) is 22.6 Å². The molecule has 1 aromatic rings. The Morgan fingerprint density at radius 3 is 3.06 bits per heavy atom. The average Bonchev–Trinajstić information content (AvgIpc) is 2.54. The quantitative estimate of drug-likeness (QED) is 0.585. The van der Waals surface area contributed by atoms with Gasteiger partial charge in [0, 0.05) is 18.7 Å². The summed E-state index contributed by atoms with van der Waals surface area (Å²) in [7, 11) is 0. The van der Waals surface area contributed by atoms with Crippen LogP contribution in [0.4, 0.5) is 11.6 Å². The third kappa shape index (κ3) is 2.41. The number of nitrogens with zero attached hydrogens (tertiary/aromatic N) is 3. The Morgan fingerprint density at radius 1 is 1.38 bits per heavy atom. The fraction of sp³-hybridized carbons (Fsp3) is 0.636. The van der Waals surface area contributed by atoms with Gasteiger partial charge in [-0.05, 0) is 19.8 Å². The fourth-order valence-corrected chi connectivity index (χ4v) is 2.20. The first-order valence-electron chi connectivity index (χ1n) is 5.86. The lowest BCUT2D eigenvalue weighted by atomic mass is 10.1. The minimum absolute atomic E-state index is 0.544. The summed E-state index contributed by atoms with van der Waals surface area (Å²) in [5.41, 5.74) is 2.56. The van der Waals surface area contributed by atoms with Crippen LogP contribution in [0.5, 0.6) is 0 Å². The molecule has 1 atom stereocenters. The van der Waals surface area contributed by atoms with Crippen molar-refractivity contribution in [1.29, 1.82) is 0 Å². The fourth-order valence-electron chi connectivity index (χ4n) is 2.20. The molecule has 2 heterocycles. The summed E-state index contributed by atoms with van der Waals surface area (Å²) in [4.78, 5) is 10.7. The molecule has 1 unspecified atom stereocenters. The highest BCUT2D eigenvalue weighted by Crippen LogP contribution is 2.22. The van der Waals surface area contributed by atoms with Gasteiger partial charge in [-0.15, -0.1) is 0 Å². The molecule has 16 heavy (non-hydrogen) atoms. The van der Waals surface area contributed by atoms with Crippen molar-refractivity contribution < 1.29 is 0 Å². The number of aromatic nitrogens is 2. The summed E-state index contributed by atoms with van der Waals surface area (Å²) < 4.78 is 0. The summed E-state index contributed by atoms with van der Waals surface area (Å²) in [6, 6.07) is 2.45. The van der Waals surface area contributed by atoms with Crippen LogP contribution in [-0.2, 0) is 0 Å². The van der Waals surface area contributed by atoms with Gasteiger partial charge in [0.05, 0.1) is 0 Å². The van der Waals surface area contributed by atoms with Gasteiger partial charge in [-0.2, -0.15) is 0 Å². The van der Waals surface area contributed by atoms with E-state index in [2.05, 4.69) is 27.2 Å². The van der Waals surface area contributed by atoms with E-state index in [-0.39, 0.29) is 0 Å². The summed E-state index contributed by atoms with van der Waals surface area (Å²) in [5.74, 6) is 6.99. The maximum absolute atomic E-state index is 5.35. The molecule has 0 spiro atoms. The van der Waals surface area contributed by atoms with Gasteiger partial charge in [-0.25, -0.2) is 15.8 Å². The number of hydrogen-bond acceptors (Lipinski definition) is 5. The van der Waals surface area contributed by atoms with Crippen LogP contribution in [0.1, 0.15) is 32.6 Å². The predicted octanol–water partition coefficient (Wildman–Crippen LogP) is 1.53. The molecule has 1 aliphatic rings. The van der Waals surface area contributed by atoms with Crippen LogP contribution in [0.15, 0.2) is 12.4 Å². The van der Waals surface area contributed by atoms with Gasteiger partial charge in [0.1, 0.15) is 18.0 Å². The Balaban J connectivity index is 2.19. The normalized spacial score (nSPS) is 21.6. The van der Waals surface area contributed by atoms with Crippen molar-refractivity contribution in [1.82, 2.24) is 9.97 Å². The minimum Gasteiger partial charge on any atom is -0.354 e. The predicted molar refractivity (Wildman–Crippen MR) is 65.1 cm³/mol. The van der Waals surface area contributed by atoms with E-state index in [9.17, 15) is 0 Å². The zero-order valence-electron chi connectivity index (χ0n) is 9.69. The molecule has 1 fully saturated rings. The first-order chi connectivity index (χ1) is 7.81. The average molecular weight is 221 g/mol. The summed E-state index contributed by atoms with van der Waals surface area (Å²) in [6.45, 7) is 3.32. The molecule has 3 N–H and O–H groups in total. The second-order valence-electron chi connectivity index (χ2n) is 4.30. The molecule has 0 bridgehead atoms. The molecule has 1 saturated heterocycles. The van der Waals surface area contributed by atoms with Crippen LogP contribution < -0.4 is 16.2 Å². The lowest BCUT2D eigenvalue weighted by Gasteiger charge is -2.28. The lowest BCUT2D eigenvalue weighted by molar-refractivity contribution is 0.611. The monoisotopic (exact) mass is 221 g/mol. The van der Waals surface area contributed by atoms with Gasteiger partial charge in [-0.3, -0.25) is 0 Å². The maximum atomic E-state index is 5.35. The van der Waals surface area contributed by atoms with Crippen LogP contribution in [0.25, 0.3) is 0 Å². The van der Waals surface area contributed by atoms with Crippen LogP contribution in [0, 0.1) is 0 Å². The van der Waals surface area contributed by atoms with Crippen LogP contribution in [0.2, 0.25) is 0 Å². The summed E-state index contributed by atoms with van der Waals surface area (Å²) in [6.07, 6.45) is 6.65. The van der Waals surface area contributed by atoms with Gasteiger partial charge in [0.25, 0.3) is 0 Å². The van der Waals surface area contributed by atoms with E-state index in [1.54, 1.807) is 6.33 Å². The number of hydrogen-bond donors (Lipinski definition) is 2. The summed E-state index contributed by atoms with van der Waals surface area (Å²) in [5, 5.41) is 0. The Bertz CT molecular complexity index is 341. The van der Waals surface area contributed by atoms with Gasteiger partial charge < -0.3 is 10.3 Å². The van der Waals surface area contributed by atoms with Crippen molar-refractivity contribution in [3.63, 3.8) is 0 Å². The van der Waals surface area contributed by atoms with Gasteiger partial charge in [0.2, 0.25) is 0 Å².